The number of nitrogens with one attached hydrogen (secondary N) is 1. The van der Waals surface area contributed by atoms with Gasteiger partial charge >= 0.3 is 6.09 Å². The Morgan fingerprint density at radius 1 is 1.03 bits per heavy atom. The number of para-hydroxylation sites is 1. The van der Waals surface area contributed by atoms with Crippen LogP contribution in [0.4, 0.5) is 10.6 Å². The van der Waals surface area contributed by atoms with Crippen LogP contribution in [0.5, 0.6) is 0 Å². The molecule has 9 nitrogen and oxygen atoms in total. The first-order valence-corrected chi connectivity index (χ1v) is 11.6. The van der Waals surface area contributed by atoms with E-state index in [4.69, 9.17) is 27.4 Å². The molecule has 0 atom stereocenters. The molecular weight excluding hydrogens is 480 g/mol. The predicted molar refractivity (Wildman–Crippen MR) is 137 cm³/mol. The Kier molecular flexibility index (Phi) is 5.08. The Bertz CT molecular complexity index is 1710. The van der Waals surface area contributed by atoms with Gasteiger partial charge in [-0.05, 0) is 60.4 Å². The van der Waals surface area contributed by atoms with E-state index in [0.29, 0.717) is 32.7 Å². The fourth-order valence-corrected chi connectivity index (χ4v) is 4.75. The minimum atomic E-state index is -1.22. The van der Waals surface area contributed by atoms with Gasteiger partial charge < -0.3 is 10.8 Å². The van der Waals surface area contributed by atoms with Gasteiger partial charge in [-0.25, -0.2) is 14.8 Å². The molecular formula is C26H19ClN6O3. The Morgan fingerprint density at radius 2 is 1.83 bits per heavy atom. The van der Waals surface area contributed by atoms with Gasteiger partial charge in [-0.15, -0.1) is 0 Å². The third-order valence-electron chi connectivity index (χ3n) is 6.26. The van der Waals surface area contributed by atoms with Crippen LogP contribution < -0.4 is 11.1 Å². The van der Waals surface area contributed by atoms with Crippen molar-refractivity contribution in [1.82, 2.24) is 19.5 Å². The summed E-state index contributed by atoms with van der Waals surface area (Å²) in [6, 6.07) is 14.5. The highest BCUT2D eigenvalue weighted by Crippen LogP contribution is 2.44. The molecule has 1 fully saturated rings. The molecule has 4 N–H and O–H groups in total. The highest BCUT2D eigenvalue weighted by molar-refractivity contribution is 6.35. The summed E-state index contributed by atoms with van der Waals surface area (Å²) in [6.45, 7) is 0. The Hall–Kier alpha value is -4.50. The number of aromatic nitrogens is 4. The summed E-state index contributed by atoms with van der Waals surface area (Å²) in [5, 5.41) is 12.7. The number of nitrogens with zero attached hydrogens (tertiary/aromatic N) is 4. The van der Waals surface area contributed by atoms with Crippen LogP contribution in [0.3, 0.4) is 0 Å². The molecule has 5 aromatic rings. The van der Waals surface area contributed by atoms with Crippen LogP contribution in [0, 0.1) is 0 Å². The average Bonchev–Trinajstić information content (AvgIpc) is 3.63. The first-order valence-electron chi connectivity index (χ1n) is 11.3. The fourth-order valence-electron chi connectivity index (χ4n) is 4.53. The van der Waals surface area contributed by atoms with E-state index in [0.717, 1.165) is 29.7 Å². The van der Waals surface area contributed by atoms with Crippen LogP contribution in [0.2, 0.25) is 5.02 Å². The molecule has 1 aliphatic carbocycles. The number of imidazole rings is 1. The molecule has 0 bridgehead atoms. The minimum absolute atomic E-state index is 0.169. The number of nitrogens with two attached hydrogens (primary N) is 1. The number of anilines is 1. The van der Waals surface area contributed by atoms with Crippen LogP contribution in [0.1, 0.15) is 34.9 Å². The monoisotopic (exact) mass is 498 g/mol. The van der Waals surface area contributed by atoms with Gasteiger partial charge in [0.25, 0.3) is 5.91 Å². The molecule has 0 saturated heterocycles. The molecule has 1 saturated carbocycles. The van der Waals surface area contributed by atoms with Gasteiger partial charge in [0, 0.05) is 23.7 Å². The van der Waals surface area contributed by atoms with E-state index in [-0.39, 0.29) is 17.3 Å². The first-order chi connectivity index (χ1) is 17.4. The number of rotatable bonds is 5. The molecule has 178 valence electrons. The maximum Gasteiger partial charge on any atom is 0.410 e. The number of primary amides is 1. The van der Waals surface area contributed by atoms with E-state index in [1.165, 1.54) is 6.20 Å². The highest BCUT2D eigenvalue weighted by atomic mass is 35.5. The van der Waals surface area contributed by atoms with E-state index >= 15 is 0 Å². The van der Waals surface area contributed by atoms with E-state index in [2.05, 4.69) is 19.9 Å². The summed E-state index contributed by atoms with van der Waals surface area (Å²) < 4.78 is 2.06. The number of pyridine rings is 2. The van der Waals surface area contributed by atoms with Crippen molar-refractivity contribution in [2.45, 2.75) is 18.8 Å². The van der Waals surface area contributed by atoms with Gasteiger partial charge in [0.2, 0.25) is 0 Å². The number of benzene rings is 2. The molecule has 3 aromatic heterocycles. The lowest BCUT2D eigenvalue weighted by atomic mass is 10.0. The average molecular weight is 499 g/mol. The smallest absolute Gasteiger partial charge is 0.410 e. The van der Waals surface area contributed by atoms with Crippen molar-refractivity contribution < 1.29 is 14.7 Å². The third-order valence-corrected chi connectivity index (χ3v) is 6.57. The topological polar surface area (TPSA) is 136 Å². The second kappa shape index (κ2) is 8.31. The van der Waals surface area contributed by atoms with Crippen LogP contribution >= 0.6 is 11.6 Å². The lowest BCUT2D eigenvalue weighted by Crippen LogP contribution is -2.12. The van der Waals surface area contributed by atoms with Crippen LogP contribution in [0.15, 0.2) is 60.9 Å². The largest absolute Gasteiger partial charge is 0.465 e. The zero-order valence-electron chi connectivity index (χ0n) is 18.8. The normalized spacial score (nSPS) is 13.2. The SMILES string of the molecule is NC(=O)c1cc(-c2ccnc(NC(=O)O)c2)cc2c1nc(C1CC1)n2-c1ccnc2c(Cl)cccc12. The maximum atomic E-state index is 12.6. The number of carboxylic acid groups (broad SMARTS) is 1. The molecule has 10 heteroatoms. The Balaban J connectivity index is 1.66. The van der Waals surface area contributed by atoms with E-state index in [1.54, 1.807) is 30.5 Å². The number of hydrogen-bond donors (Lipinski definition) is 3. The van der Waals surface area contributed by atoms with Gasteiger partial charge in [0.05, 0.1) is 27.3 Å². The number of fused-ring (bicyclic) bond motifs is 2. The van der Waals surface area contributed by atoms with Gasteiger partial charge in [-0.2, -0.15) is 0 Å². The molecule has 0 aliphatic heterocycles. The molecule has 6 rings (SSSR count). The van der Waals surface area contributed by atoms with Crippen molar-refractivity contribution >= 4 is 51.4 Å². The van der Waals surface area contributed by atoms with Crippen LogP contribution in [0.25, 0.3) is 38.8 Å². The highest BCUT2D eigenvalue weighted by Gasteiger charge is 2.32. The molecule has 0 spiro atoms. The van der Waals surface area contributed by atoms with Crippen molar-refractivity contribution in [3.8, 4) is 16.8 Å². The van der Waals surface area contributed by atoms with Crippen molar-refractivity contribution in [1.29, 1.82) is 0 Å². The molecule has 36 heavy (non-hydrogen) atoms. The summed E-state index contributed by atoms with van der Waals surface area (Å²) >= 11 is 6.44. The van der Waals surface area contributed by atoms with E-state index in [9.17, 15) is 9.59 Å². The van der Waals surface area contributed by atoms with Crippen molar-refractivity contribution in [2.75, 3.05) is 5.32 Å². The number of halogens is 1. The molecule has 3 heterocycles. The number of hydrogen-bond acceptors (Lipinski definition) is 5. The molecule has 2 amide bonds. The maximum absolute atomic E-state index is 12.6. The van der Waals surface area contributed by atoms with Crippen LogP contribution in [-0.4, -0.2) is 36.6 Å². The Labute approximate surface area is 209 Å². The van der Waals surface area contributed by atoms with Crippen LogP contribution in [-0.2, 0) is 0 Å². The second-order valence-electron chi connectivity index (χ2n) is 8.66. The van der Waals surface area contributed by atoms with Crippen molar-refractivity contribution in [2.24, 2.45) is 5.73 Å². The summed E-state index contributed by atoms with van der Waals surface area (Å²) in [5.74, 6) is 0.674. The second-order valence-corrected chi connectivity index (χ2v) is 9.07. The quantitative estimate of drug-likeness (QED) is 0.298. The molecule has 2 aromatic carbocycles. The zero-order valence-corrected chi connectivity index (χ0v) is 19.5. The number of amides is 2. The zero-order chi connectivity index (χ0) is 25.0. The minimum Gasteiger partial charge on any atom is -0.465 e. The lowest BCUT2D eigenvalue weighted by Gasteiger charge is -2.13. The standard InChI is InChI=1S/C26H19ClN6O3/c27-18-3-1-2-16-19(7-9-30-22(16)18)33-20-11-15(14-6-8-29-21(12-14)31-26(35)36)10-17(24(28)34)23(20)32-25(33)13-4-5-13/h1-3,6-13H,4-5H2,(H2,28,34)(H,29,31)(H,35,36). The van der Waals surface area contributed by atoms with Gasteiger partial charge in [-0.1, -0.05) is 23.7 Å². The van der Waals surface area contributed by atoms with E-state index in [1.807, 2.05) is 24.3 Å². The molecule has 0 radical (unpaired) electrons. The fraction of sp³-hybridized carbons (Fsp3) is 0.115. The summed E-state index contributed by atoms with van der Waals surface area (Å²) in [6.07, 6.45) is 3.99. The summed E-state index contributed by atoms with van der Waals surface area (Å²) in [7, 11) is 0. The Morgan fingerprint density at radius 3 is 2.58 bits per heavy atom. The summed E-state index contributed by atoms with van der Waals surface area (Å²) in [5.41, 5.74) is 10.2. The van der Waals surface area contributed by atoms with Gasteiger partial charge in [0.15, 0.2) is 0 Å². The third kappa shape index (κ3) is 3.70. The van der Waals surface area contributed by atoms with E-state index < -0.39 is 12.0 Å². The van der Waals surface area contributed by atoms with Gasteiger partial charge in [-0.3, -0.25) is 19.7 Å². The lowest BCUT2D eigenvalue weighted by molar-refractivity contribution is 0.100. The van der Waals surface area contributed by atoms with Gasteiger partial charge in [0.1, 0.15) is 17.2 Å². The van der Waals surface area contributed by atoms with Crippen molar-refractivity contribution in [3.63, 3.8) is 0 Å². The summed E-state index contributed by atoms with van der Waals surface area (Å²) in [4.78, 5) is 37.1. The number of carbonyl (C=O) groups excluding carboxylic acids is 1. The number of carbonyl (C=O) groups is 2. The van der Waals surface area contributed by atoms with Crippen molar-refractivity contribution in [3.05, 3.63) is 77.3 Å². The molecule has 0 unspecified atom stereocenters. The predicted octanol–water partition coefficient (Wildman–Crippen LogP) is 5.36. The first kappa shape index (κ1) is 22.0. The molecule has 1 aliphatic rings.